The van der Waals surface area contributed by atoms with Gasteiger partial charge in [0.05, 0.1) is 7.05 Å². The van der Waals surface area contributed by atoms with Gasteiger partial charge < -0.3 is 0 Å². The summed E-state index contributed by atoms with van der Waals surface area (Å²) in [6.07, 6.45) is 0. The Labute approximate surface area is 78.0 Å². The lowest BCUT2D eigenvalue weighted by molar-refractivity contribution is -0.490. The van der Waals surface area contributed by atoms with E-state index in [1.54, 1.807) is 24.3 Å². The lowest BCUT2D eigenvalue weighted by atomic mass is 10.3. The molecule has 64 valence electrons. The molecule has 1 rings (SSSR count). The Morgan fingerprint density at radius 2 is 1.92 bits per heavy atom. The average Bonchev–Trinajstić information content (AvgIpc) is 2.04. The fraction of sp³-hybridized carbons (Fsp3) is 0.143. The molecule has 0 radical (unpaired) electrons. The summed E-state index contributed by atoms with van der Waals surface area (Å²) in [5.74, 6) is 0. The van der Waals surface area contributed by atoms with Gasteiger partial charge in [-0.1, -0.05) is 20.9 Å². The fourth-order valence-corrected chi connectivity index (χ4v) is 1.02. The van der Waals surface area contributed by atoms with Crippen LogP contribution in [0.25, 0.3) is 0 Å². The van der Waals surface area contributed by atoms with E-state index in [-0.39, 0.29) is 0 Å². The predicted octanol–water partition coefficient (Wildman–Crippen LogP) is 2.08. The second-order valence-electron chi connectivity index (χ2n) is 2.24. The molecule has 0 aliphatic heterocycles. The van der Waals surface area contributed by atoms with Crippen molar-refractivity contribution in [2.45, 2.75) is 0 Å². The second-order valence-corrected chi connectivity index (χ2v) is 3.15. The number of nitrogens with zero attached hydrogens (tertiary/aromatic N) is 2. The van der Waals surface area contributed by atoms with Crippen LogP contribution in [0.5, 0.6) is 0 Å². The number of hydrogen-bond acceptors (Lipinski definition) is 2. The van der Waals surface area contributed by atoms with Crippen molar-refractivity contribution < 1.29 is 5.03 Å². The van der Waals surface area contributed by atoms with Gasteiger partial charge in [-0.05, 0) is 24.3 Å². The highest BCUT2D eigenvalue weighted by Crippen LogP contribution is 2.16. The summed E-state index contributed by atoms with van der Waals surface area (Å²) < 4.78 is 0.906. The zero-order valence-electron chi connectivity index (χ0n) is 6.40. The molecular formula is C7H7BrN2O2. The summed E-state index contributed by atoms with van der Waals surface area (Å²) in [7, 11) is 1.41. The highest BCUT2D eigenvalue weighted by Gasteiger charge is 2.08. The molecule has 0 heterocycles. The summed E-state index contributed by atoms with van der Waals surface area (Å²) >= 11 is 3.24. The summed E-state index contributed by atoms with van der Waals surface area (Å²) in [6.45, 7) is 0. The molecule has 1 aromatic rings. The molecule has 0 bridgehead atoms. The molecule has 0 spiro atoms. The van der Waals surface area contributed by atoms with E-state index in [4.69, 9.17) is 0 Å². The van der Waals surface area contributed by atoms with Gasteiger partial charge in [-0.3, -0.25) is 0 Å². The van der Waals surface area contributed by atoms with E-state index in [9.17, 15) is 10.1 Å². The molecular weight excluding hydrogens is 224 g/mol. The fourth-order valence-electron chi connectivity index (χ4n) is 0.751. The van der Waals surface area contributed by atoms with E-state index in [2.05, 4.69) is 15.9 Å². The normalized spacial score (nSPS) is 9.50. The zero-order valence-corrected chi connectivity index (χ0v) is 7.98. The van der Waals surface area contributed by atoms with E-state index in [1.807, 2.05) is 0 Å². The van der Waals surface area contributed by atoms with Crippen molar-refractivity contribution >= 4 is 21.6 Å². The first-order valence-electron chi connectivity index (χ1n) is 3.25. The number of hydrazine groups is 1. The van der Waals surface area contributed by atoms with Gasteiger partial charge in [0.1, 0.15) is 5.69 Å². The Morgan fingerprint density at radius 1 is 1.42 bits per heavy atom. The Morgan fingerprint density at radius 3 is 2.33 bits per heavy atom. The summed E-state index contributed by atoms with van der Waals surface area (Å²) in [4.78, 5) is 10.3. The lowest BCUT2D eigenvalue weighted by Gasteiger charge is -2.07. The molecule has 0 saturated heterocycles. The van der Waals surface area contributed by atoms with Crippen LogP contribution in [0, 0.1) is 10.1 Å². The third-order valence-corrected chi connectivity index (χ3v) is 1.97. The summed E-state index contributed by atoms with van der Waals surface area (Å²) in [5, 5.41) is 10.8. The molecule has 0 aliphatic carbocycles. The van der Waals surface area contributed by atoms with Crippen LogP contribution in [0.1, 0.15) is 0 Å². The Hall–Kier alpha value is -1.10. The standard InChI is InChI=1S/C7H7BrN2O2/c1-9(10(11)12)7-4-2-6(8)3-5-7/h2-5H,1H3. The number of hydrogen-bond donors (Lipinski definition) is 0. The van der Waals surface area contributed by atoms with Crippen LogP contribution in [0.3, 0.4) is 0 Å². The molecule has 0 aliphatic rings. The van der Waals surface area contributed by atoms with Crippen LogP contribution in [-0.2, 0) is 0 Å². The number of benzene rings is 1. The average molecular weight is 231 g/mol. The number of nitro groups is 1. The molecule has 0 amide bonds. The van der Waals surface area contributed by atoms with Crippen LogP contribution in [0.4, 0.5) is 5.69 Å². The first-order valence-corrected chi connectivity index (χ1v) is 4.04. The Bertz CT molecular complexity index is 286. The smallest absolute Gasteiger partial charge is 0.164 e. The summed E-state index contributed by atoms with van der Waals surface area (Å²) in [6, 6.07) is 6.87. The first kappa shape index (κ1) is 8.99. The third-order valence-electron chi connectivity index (χ3n) is 1.45. The molecule has 0 unspecified atom stereocenters. The van der Waals surface area contributed by atoms with Gasteiger partial charge in [0, 0.05) is 4.47 Å². The van der Waals surface area contributed by atoms with E-state index >= 15 is 0 Å². The maximum Gasteiger partial charge on any atom is 0.164 e. The number of halogens is 1. The van der Waals surface area contributed by atoms with Crippen molar-refractivity contribution in [3.05, 3.63) is 38.9 Å². The van der Waals surface area contributed by atoms with Crippen molar-refractivity contribution in [2.24, 2.45) is 0 Å². The van der Waals surface area contributed by atoms with Gasteiger partial charge in [-0.2, -0.15) is 0 Å². The Kier molecular flexibility index (Phi) is 2.65. The van der Waals surface area contributed by atoms with Crippen LogP contribution in [0.15, 0.2) is 28.7 Å². The van der Waals surface area contributed by atoms with Crippen LogP contribution in [-0.4, -0.2) is 12.1 Å². The van der Waals surface area contributed by atoms with E-state index in [0.717, 1.165) is 9.48 Å². The maximum atomic E-state index is 10.3. The van der Waals surface area contributed by atoms with Crippen molar-refractivity contribution in [2.75, 3.05) is 12.1 Å². The predicted molar refractivity (Wildman–Crippen MR) is 49.5 cm³/mol. The van der Waals surface area contributed by atoms with Gasteiger partial charge in [0.25, 0.3) is 0 Å². The maximum absolute atomic E-state index is 10.3. The molecule has 0 aromatic heterocycles. The number of anilines is 1. The van der Waals surface area contributed by atoms with Crippen LogP contribution >= 0.6 is 15.9 Å². The molecule has 1 aromatic carbocycles. The van der Waals surface area contributed by atoms with Gasteiger partial charge in [0.2, 0.25) is 0 Å². The van der Waals surface area contributed by atoms with Crippen molar-refractivity contribution in [1.29, 1.82) is 0 Å². The van der Waals surface area contributed by atoms with Gasteiger partial charge in [0.15, 0.2) is 5.03 Å². The van der Waals surface area contributed by atoms with Crippen molar-refractivity contribution in [3.8, 4) is 0 Å². The van der Waals surface area contributed by atoms with E-state index in [1.165, 1.54) is 7.05 Å². The lowest BCUT2D eigenvalue weighted by Crippen LogP contribution is -2.24. The molecule has 0 fully saturated rings. The molecule has 0 saturated carbocycles. The molecule has 5 heteroatoms. The van der Waals surface area contributed by atoms with Crippen molar-refractivity contribution in [1.82, 2.24) is 0 Å². The monoisotopic (exact) mass is 230 g/mol. The van der Waals surface area contributed by atoms with Crippen LogP contribution < -0.4 is 5.01 Å². The minimum absolute atomic E-state index is 0.469. The SMILES string of the molecule is CN(c1ccc(Br)cc1)[N+](=O)[O-]. The minimum Gasteiger partial charge on any atom is -0.234 e. The highest BCUT2D eigenvalue weighted by atomic mass is 79.9. The highest BCUT2D eigenvalue weighted by molar-refractivity contribution is 9.10. The molecule has 4 nitrogen and oxygen atoms in total. The third kappa shape index (κ3) is 1.94. The molecule has 12 heavy (non-hydrogen) atoms. The second kappa shape index (κ2) is 3.53. The number of rotatable bonds is 2. The molecule has 0 N–H and O–H groups in total. The topological polar surface area (TPSA) is 46.4 Å². The zero-order chi connectivity index (χ0) is 9.14. The van der Waals surface area contributed by atoms with Crippen molar-refractivity contribution in [3.63, 3.8) is 0 Å². The quantitative estimate of drug-likeness (QED) is 0.578. The van der Waals surface area contributed by atoms with E-state index in [0.29, 0.717) is 5.69 Å². The largest absolute Gasteiger partial charge is 0.234 e. The molecule has 0 atom stereocenters. The Balaban J connectivity index is 2.89. The van der Waals surface area contributed by atoms with Gasteiger partial charge in [-0.25, -0.2) is 10.1 Å². The van der Waals surface area contributed by atoms with Crippen LogP contribution in [0.2, 0.25) is 0 Å². The van der Waals surface area contributed by atoms with Gasteiger partial charge >= 0.3 is 0 Å². The first-order chi connectivity index (χ1) is 5.61. The van der Waals surface area contributed by atoms with Gasteiger partial charge in [-0.15, -0.1) is 0 Å². The minimum atomic E-state index is -0.469. The van der Waals surface area contributed by atoms with E-state index < -0.39 is 5.03 Å². The summed E-state index contributed by atoms with van der Waals surface area (Å²) in [5.41, 5.74) is 0.559.